The molecule has 0 spiro atoms. The highest BCUT2D eigenvalue weighted by Crippen LogP contribution is 2.34. The van der Waals surface area contributed by atoms with Crippen LogP contribution in [-0.4, -0.2) is 34.8 Å². The third-order valence-electron chi connectivity index (χ3n) is 4.26. The molecule has 0 bridgehead atoms. The fourth-order valence-corrected chi connectivity index (χ4v) is 4.84. The van der Waals surface area contributed by atoms with Gasteiger partial charge in [0.1, 0.15) is 5.01 Å². The number of thiazole rings is 1. The Morgan fingerprint density at radius 2 is 2.12 bits per heavy atom. The van der Waals surface area contributed by atoms with Gasteiger partial charge in [-0.2, -0.15) is 0 Å². The number of hydrogen-bond donors (Lipinski definition) is 2. The number of carbonyl (C=O) groups excluding carboxylic acids is 2. The minimum Gasteiger partial charge on any atom is -0.287 e. The maximum absolute atomic E-state index is 12.2. The van der Waals surface area contributed by atoms with Crippen molar-refractivity contribution < 1.29 is 9.59 Å². The van der Waals surface area contributed by atoms with Gasteiger partial charge < -0.3 is 0 Å². The highest BCUT2D eigenvalue weighted by molar-refractivity contribution is 7.10. The number of carbonyl (C=O) groups is 2. The predicted molar refractivity (Wildman–Crippen MR) is 99.5 cm³/mol. The maximum atomic E-state index is 12.2. The van der Waals surface area contributed by atoms with Gasteiger partial charge in [0.2, 0.25) is 5.91 Å². The number of hydrogen-bond acceptors (Lipinski definition) is 6. The van der Waals surface area contributed by atoms with Gasteiger partial charge in [0, 0.05) is 28.5 Å². The molecule has 2 N–H and O–H groups in total. The van der Waals surface area contributed by atoms with Crippen molar-refractivity contribution in [3.05, 3.63) is 38.0 Å². The maximum Gasteiger partial charge on any atom is 0.252 e. The molecule has 2 amide bonds. The average molecular weight is 379 g/mol. The zero-order valence-electron chi connectivity index (χ0n) is 14.4. The smallest absolute Gasteiger partial charge is 0.252 e. The molecule has 2 aromatic rings. The van der Waals surface area contributed by atoms with E-state index in [9.17, 15) is 9.59 Å². The van der Waals surface area contributed by atoms with Crippen LogP contribution in [0.5, 0.6) is 0 Å². The molecule has 3 rings (SSSR count). The molecule has 25 heavy (non-hydrogen) atoms. The van der Waals surface area contributed by atoms with E-state index in [4.69, 9.17) is 0 Å². The lowest BCUT2D eigenvalue weighted by Crippen LogP contribution is -2.48. The molecule has 2 aromatic heterocycles. The first kappa shape index (κ1) is 18.0. The van der Waals surface area contributed by atoms with Crippen LogP contribution in [0, 0.1) is 6.92 Å². The number of thiophene rings is 1. The zero-order valence-corrected chi connectivity index (χ0v) is 16.0. The van der Waals surface area contributed by atoms with Gasteiger partial charge >= 0.3 is 0 Å². The number of aromatic nitrogens is 1. The molecule has 0 saturated carbocycles. The largest absolute Gasteiger partial charge is 0.287 e. The Hall–Kier alpha value is -1.77. The lowest BCUT2D eigenvalue weighted by molar-refractivity contribution is -0.129. The van der Waals surface area contributed by atoms with Gasteiger partial charge in [0.15, 0.2) is 0 Å². The van der Waals surface area contributed by atoms with Crippen LogP contribution in [0.3, 0.4) is 0 Å². The number of amides is 2. The molecule has 1 aliphatic heterocycles. The van der Waals surface area contributed by atoms with E-state index >= 15 is 0 Å². The Kier molecular flexibility index (Phi) is 5.82. The molecular formula is C17H22N4O2S2. The number of aryl methyl sites for hydroxylation is 1. The number of fused-ring (bicyclic) bond motifs is 1. The van der Waals surface area contributed by atoms with Crippen molar-refractivity contribution in [1.82, 2.24) is 20.7 Å². The fraction of sp³-hybridized carbons (Fsp3) is 0.471. The van der Waals surface area contributed by atoms with Crippen LogP contribution < -0.4 is 10.9 Å². The van der Waals surface area contributed by atoms with Crippen molar-refractivity contribution in [2.45, 2.75) is 39.2 Å². The van der Waals surface area contributed by atoms with E-state index in [1.165, 1.54) is 21.8 Å². The van der Waals surface area contributed by atoms with Gasteiger partial charge in [-0.05, 0) is 36.8 Å². The second-order valence-electron chi connectivity index (χ2n) is 6.10. The standard InChI is InChI=1S/C17H22N4O2S2/c1-3-13-12-5-7-24-14(12)4-6-21(13)9-16(23)20-19-15(22)8-17-18-11(2)10-25-17/h5,7,10,13H,3-4,6,8-9H2,1-2H3,(H,19,22)(H,20,23). The van der Waals surface area contributed by atoms with Crippen LogP contribution in [0.2, 0.25) is 0 Å². The molecular weight excluding hydrogens is 356 g/mol. The SMILES string of the molecule is CCC1c2ccsc2CCN1CC(=O)NNC(=O)Cc1nc(C)cs1. The highest BCUT2D eigenvalue weighted by atomic mass is 32.1. The monoisotopic (exact) mass is 378 g/mol. The van der Waals surface area contributed by atoms with Crippen LogP contribution >= 0.6 is 22.7 Å². The Balaban J connectivity index is 1.48. The van der Waals surface area contributed by atoms with Crippen molar-refractivity contribution in [2.24, 2.45) is 0 Å². The van der Waals surface area contributed by atoms with Gasteiger partial charge in [-0.25, -0.2) is 4.98 Å². The molecule has 134 valence electrons. The Morgan fingerprint density at radius 3 is 2.84 bits per heavy atom. The van der Waals surface area contributed by atoms with E-state index in [0.717, 1.165) is 30.1 Å². The first-order chi connectivity index (χ1) is 12.1. The fourth-order valence-electron chi connectivity index (χ4n) is 3.14. The summed E-state index contributed by atoms with van der Waals surface area (Å²) in [5.41, 5.74) is 7.24. The minimum atomic E-state index is -0.256. The van der Waals surface area contributed by atoms with Gasteiger partial charge in [0.25, 0.3) is 5.91 Å². The summed E-state index contributed by atoms with van der Waals surface area (Å²) in [5.74, 6) is -0.450. The van der Waals surface area contributed by atoms with E-state index in [0.29, 0.717) is 0 Å². The van der Waals surface area contributed by atoms with E-state index in [1.54, 1.807) is 11.3 Å². The number of nitrogens with one attached hydrogen (secondary N) is 2. The predicted octanol–water partition coefficient (Wildman–Crippen LogP) is 2.21. The first-order valence-electron chi connectivity index (χ1n) is 8.35. The van der Waals surface area contributed by atoms with E-state index in [2.05, 4.69) is 39.1 Å². The summed E-state index contributed by atoms with van der Waals surface area (Å²) in [7, 11) is 0. The molecule has 8 heteroatoms. The topological polar surface area (TPSA) is 74.3 Å². The summed E-state index contributed by atoms with van der Waals surface area (Å²) in [6.45, 7) is 5.18. The van der Waals surface area contributed by atoms with E-state index < -0.39 is 0 Å². The molecule has 0 radical (unpaired) electrons. The molecule has 1 unspecified atom stereocenters. The first-order valence-corrected chi connectivity index (χ1v) is 10.1. The molecule has 3 heterocycles. The van der Waals surface area contributed by atoms with Crippen LogP contribution in [0.1, 0.15) is 40.5 Å². The van der Waals surface area contributed by atoms with Gasteiger partial charge in [-0.1, -0.05) is 6.92 Å². The van der Waals surface area contributed by atoms with Crippen LogP contribution in [0.25, 0.3) is 0 Å². The minimum absolute atomic E-state index is 0.179. The molecule has 0 aliphatic carbocycles. The van der Waals surface area contributed by atoms with Crippen molar-refractivity contribution in [3.8, 4) is 0 Å². The van der Waals surface area contributed by atoms with Gasteiger partial charge in [-0.3, -0.25) is 25.3 Å². The van der Waals surface area contributed by atoms with E-state index in [1.807, 2.05) is 12.3 Å². The number of nitrogens with zero attached hydrogens (tertiary/aromatic N) is 2. The van der Waals surface area contributed by atoms with E-state index in [-0.39, 0.29) is 30.8 Å². The van der Waals surface area contributed by atoms with Crippen molar-refractivity contribution >= 4 is 34.5 Å². The quantitative estimate of drug-likeness (QED) is 0.783. The lowest BCUT2D eigenvalue weighted by atomic mass is 9.98. The molecule has 0 fully saturated rings. The third-order valence-corrected chi connectivity index (χ3v) is 6.22. The normalized spacial score (nSPS) is 17.1. The van der Waals surface area contributed by atoms with Gasteiger partial charge in [0.05, 0.1) is 13.0 Å². The molecule has 6 nitrogen and oxygen atoms in total. The average Bonchev–Trinajstić information content (AvgIpc) is 3.21. The molecule has 1 aliphatic rings. The Morgan fingerprint density at radius 1 is 1.32 bits per heavy atom. The summed E-state index contributed by atoms with van der Waals surface area (Å²) in [5, 5.41) is 4.77. The van der Waals surface area contributed by atoms with Crippen molar-refractivity contribution in [2.75, 3.05) is 13.1 Å². The second-order valence-corrected chi connectivity index (χ2v) is 8.04. The molecule has 1 atom stereocenters. The second kappa shape index (κ2) is 8.07. The lowest BCUT2D eigenvalue weighted by Gasteiger charge is -2.34. The van der Waals surface area contributed by atoms with Gasteiger partial charge in [-0.15, -0.1) is 22.7 Å². The summed E-state index contributed by atoms with van der Waals surface area (Å²) in [4.78, 5) is 32.0. The summed E-state index contributed by atoms with van der Waals surface area (Å²) >= 11 is 3.24. The number of hydrazine groups is 1. The summed E-state index contributed by atoms with van der Waals surface area (Å²) in [6.07, 6.45) is 2.12. The molecule has 0 aromatic carbocycles. The molecule has 0 saturated heterocycles. The Labute approximate surface area is 155 Å². The van der Waals surface area contributed by atoms with Crippen molar-refractivity contribution in [1.29, 1.82) is 0 Å². The third kappa shape index (κ3) is 4.45. The Bertz CT molecular complexity index is 755. The highest BCUT2D eigenvalue weighted by Gasteiger charge is 2.28. The van der Waals surface area contributed by atoms with Crippen molar-refractivity contribution in [3.63, 3.8) is 0 Å². The summed E-state index contributed by atoms with van der Waals surface area (Å²) in [6, 6.07) is 2.44. The summed E-state index contributed by atoms with van der Waals surface area (Å²) < 4.78 is 0. The zero-order chi connectivity index (χ0) is 17.8. The van der Waals surface area contributed by atoms with Crippen LogP contribution in [-0.2, 0) is 22.4 Å². The number of rotatable bonds is 5. The van der Waals surface area contributed by atoms with Crippen LogP contribution in [0.15, 0.2) is 16.8 Å². The van der Waals surface area contributed by atoms with Crippen LogP contribution in [0.4, 0.5) is 0 Å².